The van der Waals surface area contributed by atoms with Gasteiger partial charge in [0.05, 0.1) is 16.6 Å². The Hall–Kier alpha value is -2.62. The molecule has 100 valence electrons. The fourth-order valence-electron chi connectivity index (χ4n) is 2.46. The van der Waals surface area contributed by atoms with E-state index in [9.17, 15) is 4.79 Å². The molecular weight excluding hydrogens is 250 g/mol. The quantitative estimate of drug-likeness (QED) is 0.688. The molecule has 0 aliphatic heterocycles. The molecule has 0 bridgehead atoms. The van der Waals surface area contributed by atoms with Crippen molar-refractivity contribution in [2.24, 2.45) is 0 Å². The van der Waals surface area contributed by atoms with Gasteiger partial charge in [-0.2, -0.15) is 0 Å². The van der Waals surface area contributed by atoms with Crippen LogP contribution in [0.15, 0.2) is 47.3 Å². The normalized spacial score (nSPS) is 10.9. The minimum atomic E-state index is -0.0547. The van der Waals surface area contributed by atoms with Gasteiger partial charge in [-0.3, -0.25) is 9.36 Å². The van der Waals surface area contributed by atoms with E-state index in [1.54, 1.807) is 16.7 Å². The summed E-state index contributed by atoms with van der Waals surface area (Å²) < 4.78 is 1.64. The third-order valence-corrected chi connectivity index (χ3v) is 3.41. The molecule has 4 heteroatoms. The van der Waals surface area contributed by atoms with E-state index < -0.39 is 0 Å². The first-order valence-corrected chi connectivity index (χ1v) is 6.43. The predicted molar refractivity (Wildman–Crippen MR) is 81.2 cm³/mol. The molecule has 20 heavy (non-hydrogen) atoms. The van der Waals surface area contributed by atoms with Gasteiger partial charge in [0.25, 0.3) is 5.56 Å². The molecule has 0 fully saturated rings. The van der Waals surface area contributed by atoms with Crippen LogP contribution in [0, 0.1) is 13.8 Å². The molecule has 0 saturated carbocycles. The number of aryl methyl sites for hydroxylation is 2. The van der Waals surface area contributed by atoms with Crippen LogP contribution >= 0.6 is 0 Å². The van der Waals surface area contributed by atoms with Crippen LogP contribution in [0.3, 0.4) is 0 Å². The van der Waals surface area contributed by atoms with Crippen LogP contribution < -0.4 is 11.3 Å². The molecule has 0 aliphatic rings. The number of nitrogen functional groups attached to an aromatic ring is 1. The highest BCUT2D eigenvalue weighted by atomic mass is 16.1. The molecule has 2 N–H and O–H groups in total. The number of para-hydroxylation sites is 1. The first-order valence-electron chi connectivity index (χ1n) is 6.43. The van der Waals surface area contributed by atoms with E-state index in [0.717, 1.165) is 16.8 Å². The Balaban J connectivity index is 2.39. The molecule has 1 aromatic heterocycles. The zero-order valence-electron chi connectivity index (χ0n) is 11.4. The number of fused-ring (bicyclic) bond motifs is 1. The number of nitrogens with zero attached hydrogens (tertiary/aromatic N) is 2. The number of nitrogens with two attached hydrogens (primary N) is 1. The van der Waals surface area contributed by atoms with Gasteiger partial charge in [-0.15, -0.1) is 0 Å². The zero-order valence-corrected chi connectivity index (χ0v) is 11.4. The van der Waals surface area contributed by atoms with Crippen LogP contribution in [0.2, 0.25) is 0 Å². The Morgan fingerprint density at radius 2 is 1.85 bits per heavy atom. The van der Waals surface area contributed by atoms with Gasteiger partial charge in [0.1, 0.15) is 5.82 Å². The molecule has 0 aliphatic carbocycles. The average molecular weight is 265 g/mol. The largest absolute Gasteiger partial charge is 0.399 e. The molecule has 0 saturated heterocycles. The van der Waals surface area contributed by atoms with E-state index in [2.05, 4.69) is 4.98 Å². The highest BCUT2D eigenvalue weighted by Crippen LogP contribution is 2.18. The van der Waals surface area contributed by atoms with Crippen molar-refractivity contribution >= 4 is 16.6 Å². The Kier molecular flexibility index (Phi) is 2.79. The molecule has 1 heterocycles. The van der Waals surface area contributed by atoms with E-state index in [1.165, 1.54) is 0 Å². The van der Waals surface area contributed by atoms with Gasteiger partial charge in [0.15, 0.2) is 0 Å². The van der Waals surface area contributed by atoms with Crippen LogP contribution in [-0.2, 0) is 0 Å². The lowest BCUT2D eigenvalue weighted by atomic mass is 10.1. The van der Waals surface area contributed by atoms with Crippen LogP contribution in [0.1, 0.15) is 11.4 Å². The van der Waals surface area contributed by atoms with E-state index >= 15 is 0 Å². The summed E-state index contributed by atoms with van der Waals surface area (Å²) in [6.07, 6.45) is 0. The Labute approximate surface area is 116 Å². The van der Waals surface area contributed by atoms with Gasteiger partial charge in [-0.05, 0) is 49.7 Å². The molecule has 2 aromatic carbocycles. The van der Waals surface area contributed by atoms with Gasteiger partial charge in [-0.25, -0.2) is 4.98 Å². The summed E-state index contributed by atoms with van der Waals surface area (Å²) in [6, 6.07) is 12.9. The van der Waals surface area contributed by atoms with Crippen molar-refractivity contribution < 1.29 is 0 Å². The Morgan fingerprint density at radius 3 is 2.60 bits per heavy atom. The van der Waals surface area contributed by atoms with Crippen molar-refractivity contribution in [2.45, 2.75) is 13.8 Å². The van der Waals surface area contributed by atoms with E-state index in [-0.39, 0.29) is 5.56 Å². The molecular formula is C16H15N3O. The number of hydrogen-bond acceptors (Lipinski definition) is 3. The molecule has 4 nitrogen and oxygen atoms in total. The van der Waals surface area contributed by atoms with Gasteiger partial charge in [-0.1, -0.05) is 12.1 Å². The van der Waals surface area contributed by atoms with Crippen molar-refractivity contribution in [3.8, 4) is 5.69 Å². The Morgan fingerprint density at radius 1 is 1.10 bits per heavy atom. The maximum absolute atomic E-state index is 12.7. The first kappa shape index (κ1) is 12.4. The van der Waals surface area contributed by atoms with Crippen molar-refractivity contribution in [3.63, 3.8) is 0 Å². The van der Waals surface area contributed by atoms with Crippen molar-refractivity contribution in [3.05, 3.63) is 64.2 Å². The van der Waals surface area contributed by atoms with Gasteiger partial charge >= 0.3 is 0 Å². The van der Waals surface area contributed by atoms with Gasteiger partial charge in [0, 0.05) is 5.69 Å². The summed E-state index contributed by atoms with van der Waals surface area (Å²) in [7, 11) is 0. The summed E-state index contributed by atoms with van der Waals surface area (Å²) in [6.45, 7) is 3.77. The fourth-order valence-corrected chi connectivity index (χ4v) is 2.46. The maximum atomic E-state index is 12.7. The number of anilines is 1. The highest BCUT2D eigenvalue weighted by molar-refractivity contribution is 5.77. The standard InChI is InChI=1S/C16H15N3O/c1-10-9-12(17)7-8-15(10)19-11(2)18-14-6-4-3-5-13(14)16(19)20/h3-9H,17H2,1-2H3. The molecule has 0 unspecified atom stereocenters. The van der Waals surface area contributed by atoms with Crippen molar-refractivity contribution in [2.75, 3.05) is 5.73 Å². The molecule has 0 radical (unpaired) electrons. The van der Waals surface area contributed by atoms with E-state index in [0.29, 0.717) is 16.9 Å². The maximum Gasteiger partial charge on any atom is 0.265 e. The SMILES string of the molecule is Cc1cc(N)ccc1-n1c(C)nc2ccccc2c1=O. The lowest BCUT2D eigenvalue weighted by Crippen LogP contribution is -2.23. The van der Waals surface area contributed by atoms with Crippen LogP contribution in [0.25, 0.3) is 16.6 Å². The van der Waals surface area contributed by atoms with Crippen LogP contribution in [-0.4, -0.2) is 9.55 Å². The monoisotopic (exact) mass is 265 g/mol. The molecule has 3 aromatic rings. The molecule has 3 rings (SSSR count). The highest BCUT2D eigenvalue weighted by Gasteiger charge is 2.11. The zero-order chi connectivity index (χ0) is 14.3. The summed E-state index contributed by atoms with van der Waals surface area (Å²) in [5.41, 5.74) is 8.89. The fraction of sp³-hybridized carbons (Fsp3) is 0.125. The second-order valence-electron chi connectivity index (χ2n) is 4.86. The summed E-state index contributed by atoms with van der Waals surface area (Å²) in [5, 5.41) is 0.620. The van der Waals surface area contributed by atoms with Crippen molar-refractivity contribution in [1.29, 1.82) is 0 Å². The third kappa shape index (κ3) is 1.86. The average Bonchev–Trinajstić information content (AvgIpc) is 2.41. The predicted octanol–water partition coefficient (Wildman–Crippen LogP) is 2.58. The van der Waals surface area contributed by atoms with Gasteiger partial charge in [0.2, 0.25) is 0 Å². The van der Waals surface area contributed by atoms with Crippen LogP contribution in [0.5, 0.6) is 0 Å². The summed E-state index contributed by atoms with van der Waals surface area (Å²) in [5.74, 6) is 0.668. The number of aromatic nitrogens is 2. The summed E-state index contributed by atoms with van der Waals surface area (Å²) >= 11 is 0. The van der Waals surface area contributed by atoms with Crippen LogP contribution in [0.4, 0.5) is 5.69 Å². The minimum Gasteiger partial charge on any atom is -0.399 e. The number of rotatable bonds is 1. The second kappa shape index (κ2) is 4.49. The lowest BCUT2D eigenvalue weighted by Gasteiger charge is -2.13. The van der Waals surface area contributed by atoms with E-state index in [1.807, 2.05) is 44.2 Å². The third-order valence-electron chi connectivity index (χ3n) is 3.41. The topological polar surface area (TPSA) is 60.9 Å². The smallest absolute Gasteiger partial charge is 0.265 e. The van der Waals surface area contributed by atoms with Gasteiger partial charge < -0.3 is 5.73 Å². The number of benzene rings is 2. The lowest BCUT2D eigenvalue weighted by molar-refractivity contribution is 0.888. The second-order valence-corrected chi connectivity index (χ2v) is 4.86. The summed E-state index contributed by atoms with van der Waals surface area (Å²) in [4.78, 5) is 17.2. The molecule has 0 spiro atoms. The molecule has 0 amide bonds. The van der Waals surface area contributed by atoms with Crippen molar-refractivity contribution in [1.82, 2.24) is 9.55 Å². The number of hydrogen-bond donors (Lipinski definition) is 1. The van der Waals surface area contributed by atoms with E-state index in [4.69, 9.17) is 5.73 Å². The first-order chi connectivity index (χ1) is 9.58. The minimum absolute atomic E-state index is 0.0547. The Bertz CT molecular complexity index is 865. The molecule has 0 atom stereocenters.